The molecule has 1 aromatic carbocycles. The number of hydrogen-bond acceptors (Lipinski definition) is 2. The summed E-state index contributed by atoms with van der Waals surface area (Å²) in [6.07, 6.45) is 1.53. The van der Waals surface area contributed by atoms with Gasteiger partial charge in [0.15, 0.2) is 0 Å². The number of carbonyl (C=O) groups excluding carboxylic acids is 1. The molecule has 0 bridgehead atoms. The molecule has 4 heteroatoms. The fourth-order valence-corrected chi connectivity index (χ4v) is 1.98. The summed E-state index contributed by atoms with van der Waals surface area (Å²) in [6.45, 7) is 3.94. The van der Waals surface area contributed by atoms with Gasteiger partial charge in [-0.15, -0.1) is 0 Å². The first-order valence-electron chi connectivity index (χ1n) is 5.85. The van der Waals surface area contributed by atoms with E-state index in [0.717, 1.165) is 5.56 Å². The summed E-state index contributed by atoms with van der Waals surface area (Å²) in [6, 6.07) is 5.20. The van der Waals surface area contributed by atoms with E-state index >= 15 is 0 Å². The minimum atomic E-state index is -0.264. The number of hydrogen-bond donors (Lipinski definition) is 0. The molecule has 0 spiro atoms. The molecule has 2 nitrogen and oxygen atoms in total. The summed E-state index contributed by atoms with van der Waals surface area (Å²) in [5, 5.41) is 1.12. The van der Waals surface area contributed by atoms with Crippen LogP contribution in [0, 0.1) is 0 Å². The minimum absolute atomic E-state index is 0.157. The van der Waals surface area contributed by atoms with Gasteiger partial charge in [-0.25, -0.2) is 0 Å². The molecule has 0 aliphatic rings. The van der Waals surface area contributed by atoms with Crippen LogP contribution < -0.4 is 0 Å². The van der Waals surface area contributed by atoms with Gasteiger partial charge in [-0.2, -0.15) is 0 Å². The van der Waals surface area contributed by atoms with E-state index in [2.05, 4.69) is 0 Å². The van der Waals surface area contributed by atoms with E-state index in [1.165, 1.54) is 0 Å². The molecule has 0 saturated carbocycles. The van der Waals surface area contributed by atoms with Crippen LogP contribution in [-0.2, 0) is 16.0 Å². The van der Waals surface area contributed by atoms with Crippen LogP contribution in [0.15, 0.2) is 18.2 Å². The topological polar surface area (TPSA) is 26.3 Å². The van der Waals surface area contributed by atoms with Crippen LogP contribution in [0.1, 0.15) is 32.3 Å². The molecule has 1 rings (SSSR count). The lowest BCUT2D eigenvalue weighted by atomic mass is 9.98. The first-order chi connectivity index (χ1) is 8.34. The Hall–Kier alpha value is -0.570. The molecule has 0 amide bonds. The molecule has 0 unspecified atom stereocenters. The summed E-state index contributed by atoms with van der Waals surface area (Å²) >= 11 is 11.8. The number of carbonyl (C=O) groups is 1. The smallest absolute Gasteiger partial charge is 0.137 e. The maximum atomic E-state index is 11.9. The Kier molecular flexibility index (Phi) is 5.64. The van der Waals surface area contributed by atoms with E-state index in [-0.39, 0.29) is 11.4 Å². The van der Waals surface area contributed by atoms with Crippen LogP contribution in [0.5, 0.6) is 0 Å². The Morgan fingerprint density at radius 3 is 2.56 bits per heavy atom. The number of methoxy groups -OCH3 is 1. The normalized spacial score (nSPS) is 11.6. The second-order valence-corrected chi connectivity index (χ2v) is 5.76. The molecule has 0 fully saturated rings. The Labute approximate surface area is 118 Å². The van der Waals surface area contributed by atoms with E-state index in [4.69, 9.17) is 27.9 Å². The summed E-state index contributed by atoms with van der Waals surface area (Å²) in [7, 11) is 1.65. The number of halogens is 2. The zero-order valence-corrected chi connectivity index (χ0v) is 12.4. The average molecular weight is 289 g/mol. The Balaban J connectivity index is 2.55. The van der Waals surface area contributed by atoms with E-state index < -0.39 is 0 Å². The fraction of sp³-hybridized carbons (Fsp3) is 0.500. The second-order valence-electron chi connectivity index (χ2n) is 4.92. The molecule has 100 valence electrons. The fourth-order valence-electron chi connectivity index (χ4n) is 1.51. The van der Waals surface area contributed by atoms with Crippen LogP contribution in [0.3, 0.4) is 0 Å². The Morgan fingerprint density at radius 2 is 2.00 bits per heavy atom. The highest BCUT2D eigenvalue weighted by atomic mass is 35.5. The van der Waals surface area contributed by atoms with Crippen molar-refractivity contribution in [2.24, 2.45) is 0 Å². The molecule has 0 heterocycles. The van der Waals surface area contributed by atoms with Crippen molar-refractivity contribution in [3.63, 3.8) is 0 Å². The quantitative estimate of drug-likeness (QED) is 0.780. The van der Waals surface area contributed by atoms with Crippen molar-refractivity contribution in [1.82, 2.24) is 0 Å². The lowest BCUT2D eigenvalue weighted by molar-refractivity contribution is -0.119. The third-order valence-electron chi connectivity index (χ3n) is 2.96. The van der Waals surface area contributed by atoms with Gasteiger partial charge in [0.2, 0.25) is 0 Å². The Bertz CT molecular complexity index is 428. The summed E-state index contributed by atoms with van der Waals surface area (Å²) in [5.41, 5.74) is 0.556. The third-order valence-corrected chi connectivity index (χ3v) is 3.55. The zero-order chi connectivity index (χ0) is 13.8. The summed E-state index contributed by atoms with van der Waals surface area (Å²) < 4.78 is 5.28. The van der Waals surface area contributed by atoms with Gasteiger partial charge in [0.1, 0.15) is 5.78 Å². The molecule has 0 aliphatic carbocycles. The molecule has 0 aliphatic heterocycles. The zero-order valence-electron chi connectivity index (χ0n) is 10.9. The predicted octanol–water partition coefficient (Wildman–Crippen LogP) is 4.31. The van der Waals surface area contributed by atoms with Gasteiger partial charge in [0.05, 0.1) is 5.60 Å². The highest BCUT2D eigenvalue weighted by molar-refractivity contribution is 6.35. The van der Waals surface area contributed by atoms with Gasteiger partial charge in [-0.3, -0.25) is 4.79 Å². The number of rotatable bonds is 6. The van der Waals surface area contributed by atoms with Crippen molar-refractivity contribution in [3.8, 4) is 0 Å². The standard InChI is InChI=1S/C14H18Cl2O2/c1-14(2,18-3)7-6-12(17)8-10-4-5-11(15)9-13(10)16/h4-5,9H,6-8H2,1-3H3. The van der Waals surface area contributed by atoms with Crippen LogP contribution in [0.2, 0.25) is 10.0 Å². The number of ether oxygens (including phenoxy) is 1. The van der Waals surface area contributed by atoms with E-state index in [0.29, 0.717) is 29.3 Å². The number of Topliss-reactive ketones (excluding diaryl/α,β-unsaturated/α-hetero) is 1. The Morgan fingerprint density at radius 1 is 1.33 bits per heavy atom. The van der Waals surface area contributed by atoms with Gasteiger partial charge in [-0.05, 0) is 38.0 Å². The van der Waals surface area contributed by atoms with Gasteiger partial charge < -0.3 is 4.74 Å². The lowest BCUT2D eigenvalue weighted by Gasteiger charge is -2.22. The summed E-state index contributed by atoms with van der Waals surface area (Å²) in [5.74, 6) is 0.157. The molecule has 18 heavy (non-hydrogen) atoms. The van der Waals surface area contributed by atoms with Crippen LogP contribution in [0.25, 0.3) is 0 Å². The van der Waals surface area contributed by atoms with Crippen LogP contribution >= 0.6 is 23.2 Å². The maximum absolute atomic E-state index is 11.9. The lowest BCUT2D eigenvalue weighted by Crippen LogP contribution is -2.23. The third kappa shape index (κ3) is 4.97. The molecular formula is C14H18Cl2O2. The SMILES string of the molecule is COC(C)(C)CCC(=O)Cc1ccc(Cl)cc1Cl. The van der Waals surface area contributed by atoms with Crippen molar-refractivity contribution >= 4 is 29.0 Å². The number of benzene rings is 1. The molecule has 0 radical (unpaired) electrons. The molecule has 0 aromatic heterocycles. The average Bonchev–Trinajstić information content (AvgIpc) is 2.30. The molecule has 0 atom stereocenters. The van der Waals surface area contributed by atoms with Crippen molar-refractivity contribution in [3.05, 3.63) is 33.8 Å². The summed E-state index contributed by atoms with van der Waals surface area (Å²) in [4.78, 5) is 11.9. The highest BCUT2D eigenvalue weighted by Crippen LogP contribution is 2.23. The molecular weight excluding hydrogens is 271 g/mol. The van der Waals surface area contributed by atoms with Gasteiger partial charge in [0.25, 0.3) is 0 Å². The maximum Gasteiger partial charge on any atom is 0.137 e. The minimum Gasteiger partial charge on any atom is -0.379 e. The molecule has 0 saturated heterocycles. The van der Waals surface area contributed by atoms with Crippen molar-refractivity contribution in [1.29, 1.82) is 0 Å². The monoisotopic (exact) mass is 288 g/mol. The highest BCUT2D eigenvalue weighted by Gasteiger charge is 2.18. The molecule has 0 N–H and O–H groups in total. The first-order valence-corrected chi connectivity index (χ1v) is 6.60. The number of ketones is 1. The van der Waals surface area contributed by atoms with Crippen LogP contribution in [-0.4, -0.2) is 18.5 Å². The molecule has 1 aromatic rings. The second kappa shape index (κ2) is 6.55. The first kappa shape index (κ1) is 15.5. The van der Waals surface area contributed by atoms with Crippen molar-refractivity contribution in [2.45, 2.75) is 38.7 Å². The van der Waals surface area contributed by atoms with Gasteiger partial charge in [0, 0.05) is 30.0 Å². The van der Waals surface area contributed by atoms with Gasteiger partial charge >= 0.3 is 0 Å². The van der Waals surface area contributed by atoms with E-state index in [9.17, 15) is 4.79 Å². The van der Waals surface area contributed by atoms with E-state index in [1.54, 1.807) is 25.3 Å². The van der Waals surface area contributed by atoms with Crippen molar-refractivity contribution in [2.75, 3.05) is 7.11 Å². The largest absolute Gasteiger partial charge is 0.379 e. The van der Waals surface area contributed by atoms with E-state index in [1.807, 2.05) is 13.8 Å². The van der Waals surface area contributed by atoms with Crippen LogP contribution in [0.4, 0.5) is 0 Å². The van der Waals surface area contributed by atoms with Gasteiger partial charge in [-0.1, -0.05) is 29.3 Å². The van der Waals surface area contributed by atoms with Crippen molar-refractivity contribution < 1.29 is 9.53 Å². The predicted molar refractivity (Wildman–Crippen MR) is 75.5 cm³/mol.